The Morgan fingerprint density at radius 3 is 3.00 bits per heavy atom. The summed E-state index contributed by atoms with van der Waals surface area (Å²) >= 11 is 0. The second-order valence-electron chi connectivity index (χ2n) is 3.52. The van der Waals surface area contributed by atoms with Crippen molar-refractivity contribution in [2.45, 2.75) is 33.2 Å². The first-order valence-electron chi connectivity index (χ1n) is 5.40. The van der Waals surface area contributed by atoms with E-state index in [9.17, 15) is 4.79 Å². The van der Waals surface area contributed by atoms with Crippen LogP contribution in [0.3, 0.4) is 0 Å². The zero-order valence-corrected chi connectivity index (χ0v) is 9.69. The minimum Gasteiger partial charge on any atom is -0.461 e. The molecule has 4 nitrogen and oxygen atoms in total. The molecule has 0 aliphatic heterocycles. The van der Waals surface area contributed by atoms with Gasteiger partial charge >= 0.3 is 5.97 Å². The normalized spacial score (nSPS) is 9.81. The van der Waals surface area contributed by atoms with Crippen molar-refractivity contribution in [2.75, 3.05) is 6.61 Å². The number of nitriles is 1. The lowest BCUT2D eigenvalue weighted by Gasteiger charge is -2.08. The lowest BCUT2D eigenvalue weighted by Crippen LogP contribution is -2.13. The first kappa shape index (κ1) is 12.3. The number of aryl methyl sites for hydroxylation is 2. The summed E-state index contributed by atoms with van der Waals surface area (Å²) in [6.45, 7) is 4.72. The van der Waals surface area contributed by atoms with E-state index in [1.807, 2.05) is 23.8 Å². The molecule has 0 spiro atoms. The Hall–Kier alpha value is -1.76. The fraction of sp³-hybridized carbons (Fsp3) is 0.500. The van der Waals surface area contributed by atoms with Crippen LogP contribution in [0.1, 0.15) is 35.8 Å². The molecule has 86 valence electrons. The SMILES string of the molecule is CCOC(=O)c1c(C)ccn1CCCC#N. The van der Waals surface area contributed by atoms with E-state index in [-0.39, 0.29) is 5.97 Å². The quantitative estimate of drug-likeness (QED) is 0.565. The Kier molecular flexibility index (Phi) is 4.59. The van der Waals surface area contributed by atoms with Crippen LogP contribution in [0.15, 0.2) is 12.3 Å². The third-order valence-electron chi connectivity index (χ3n) is 2.32. The number of esters is 1. The number of hydrogen-bond acceptors (Lipinski definition) is 3. The molecule has 0 aliphatic rings. The van der Waals surface area contributed by atoms with E-state index >= 15 is 0 Å². The lowest BCUT2D eigenvalue weighted by atomic mass is 10.2. The van der Waals surface area contributed by atoms with Gasteiger partial charge in [0.1, 0.15) is 5.69 Å². The van der Waals surface area contributed by atoms with Crippen molar-refractivity contribution < 1.29 is 9.53 Å². The van der Waals surface area contributed by atoms with Gasteiger partial charge in [0, 0.05) is 19.2 Å². The number of aromatic nitrogens is 1. The van der Waals surface area contributed by atoms with E-state index in [2.05, 4.69) is 6.07 Å². The van der Waals surface area contributed by atoms with Crippen LogP contribution in [0, 0.1) is 18.3 Å². The summed E-state index contributed by atoms with van der Waals surface area (Å²) in [7, 11) is 0. The molecule has 16 heavy (non-hydrogen) atoms. The Balaban J connectivity index is 2.78. The van der Waals surface area contributed by atoms with Crippen molar-refractivity contribution in [3.05, 3.63) is 23.5 Å². The maximum atomic E-state index is 11.7. The summed E-state index contributed by atoms with van der Waals surface area (Å²) in [5.74, 6) is -0.290. The predicted molar refractivity (Wildman–Crippen MR) is 60.0 cm³/mol. The smallest absolute Gasteiger partial charge is 0.355 e. The molecule has 0 saturated heterocycles. The average molecular weight is 220 g/mol. The van der Waals surface area contributed by atoms with E-state index in [1.54, 1.807) is 6.92 Å². The zero-order valence-electron chi connectivity index (χ0n) is 9.69. The third-order valence-corrected chi connectivity index (χ3v) is 2.32. The Morgan fingerprint density at radius 2 is 2.38 bits per heavy atom. The van der Waals surface area contributed by atoms with Crippen LogP contribution in [0.25, 0.3) is 0 Å². The fourth-order valence-corrected chi connectivity index (χ4v) is 1.57. The number of rotatable bonds is 5. The Labute approximate surface area is 95.4 Å². The van der Waals surface area contributed by atoms with Gasteiger partial charge in [0.05, 0.1) is 12.7 Å². The van der Waals surface area contributed by atoms with Crippen molar-refractivity contribution in [1.29, 1.82) is 5.26 Å². The first-order valence-corrected chi connectivity index (χ1v) is 5.40. The van der Waals surface area contributed by atoms with Gasteiger partial charge in [-0.1, -0.05) is 0 Å². The monoisotopic (exact) mass is 220 g/mol. The maximum Gasteiger partial charge on any atom is 0.355 e. The molecule has 0 atom stereocenters. The summed E-state index contributed by atoms with van der Waals surface area (Å²) in [5.41, 5.74) is 1.51. The first-order chi connectivity index (χ1) is 7.70. The minimum atomic E-state index is -0.290. The van der Waals surface area contributed by atoms with Gasteiger partial charge in [-0.05, 0) is 31.9 Å². The molecule has 0 radical (unpaired) electrons. The average Bonchev–Trinajstić information content (AvgIpc) is 2.61. The van der Waals surface area contributed by atoms with Crippen LogP contribution in [0.2, 0.25) is 0 Å². The van der Waals surface area contributed by atoms with Crippen LogP contribution in [-0.4, -0.2) is 17.1 Å². The molecule has 0 amide bonds. The van der Waals surface area contributed by atoms with Gasteiger partial charge in [0.15, 0.2) is 0 Å². The van der Waals surface area contributed by atoms with Crippen molar-refractivity contribution in [3.8, 4) is 6.07 Å². The fourth-order valence-electron chi connectivity index (χ4n) is 1.57. The molecule has 0 fully saturated rings. The Morgan fingerprint density at radius 1 is 1.62 bits per heavy atom. The highest BCUT2D eigenvalue weighted by Gasteiger charge is 2.15. The molecule has 1 aromatic heterocycles. The van der Waals surface area contributed by atoms with Crippen LogP contribution in [-0.2, 0) is 11.3 Å². The molecule has 0 bridgehead atoms. The molecular formula is C12H16N2O2. The summed E-state index contributed by atoms with van der Waals surface area (Å²) in [6.07, 6.45) is 3.11. The zero-order chi connectivity index (χ0) is 12.0. The lowest BCUT2D eigenvalue weighted by molar-refractivity contribution is 0.0512. The second-order valence-corrected chi connectivity index (χ2v) is 3.52. The topological polar surface area (TPSA) is 55.0 Å². The van der Waals surface area contributed by atoms with Gasteiger partial charge in [0.25, 0.3) is 0 Å². The number of hydrogen-bond donors (Lipinski definition) is 0. The van der Waals surface area contributed by atoms with E-state index in [4.69, 9.17) is 10.00 Å². The predicted octanol–water partition coefficient (Wildman–Crippen LogP) is 2.28. The molecular weight excluding hydrogens is 204 g/mol. The van der Waals surface area contributed by atoms with Crippen LogP contribution in [0.4, 0.5) is 0 Å². The van der Waals surface area contributed by atoms with Gasteiger partial charge in [-0.2, -0.15) is 5.26 Å². The summed E-state index contributed by atoms with van der Waals surface area (Å²) in [5, 5.41) is 8.46. The summed E-state index contributed by atoms with van der Waals surface area (Å²) in [6, 6.07) is 3.98. The highest BCUT2D eigenvalue weighted by Crippen LogP contribution is 2.12. The number of ether oxygens (including phenoxy) is 1. The largest absolute Gasteiger partial charge is 0.461 e. The van der Waals surface area contributed by atoms with Gasteiger partial charge < -0.3 is 9.30 Å². The van der Waals surface area contributed by atoms with Crippen molar-refractivity contribution in [1.82, 2.24) is 4.57 Å². The van der Waals surface area contributed by atoms with Gasteiger partial charge in [-0.15, -0.1) is 0 Å². The molecule has 1 rings (SSSR count). The number of unbranched alkanes of at least 4 members (excludes halogenated alkanes) is 1. The molecule has 0 aromatic carbocycles. The Bertz CT molecular complexity index is 402. The second kappa shape index (κ2) is 5.96. The van der Waals surface area contributed by atoms with Crippen molar-refractivity contribution in [2.24, 2.45) is 0 Å². The number of carbonyl (C=O) groups excluding carboxylic acids is 1. The maximum absolute atomic E-state index is 11.7. The van der Waals surface area contributed by atoms with Crippen LogP contribution < -0.4 is 0 Å². The minimum absolute atomic E-state index is 0.290. The summed E-state index contributed by atoms with van der Waals surface area (Å²) in [4.78, 5) is 11.7. The molecule has 0 aliphatic carbocycles. The molecule has 1 heterocycles. The van der Waals surface area contributed by atoms with E-state index in [1.165, 1.54) is 0 Å². The standard InChI is InChI=1S/C12H16N2O2/c1-3-16-12(15)11-10(2)6-9-14(11)8-5-4-7-13/h6,9H,3-5,8H2,1-2H3. The van der Waals surface area contributed by atoms with Crippen LogP contribution in [0.5, 0.6) is 0 Å². The molecule has 1 aromatic rings. The molecule has 4 heteroatoms. The van der Waals surface area contributed by atoms with E-state index < -0.39 is 0 Å². The van der Waals surface area contributed by atoms with Crippen molar-refractivity contribution in [3.63, 3.8) is 0 Å². The van der Waals surface area contributed by atoms with Crippen molar-refractivity contribution >= 4 is 5.97 Å². The van der Waals surface area contributed by atoms with E-state index in [0.717, 1.165) is 12.0 Å². The molecule has 0 unspecified atom stereocenters. The molecule has 0 saturated carbocycles. The van der Waals surface area contributed by atoms with E-state index in [0.29, 0.717) is 25.3 Å². The number of carbonyl (C=O) groups is 1. The number of nitrogens with zero attached hydrogens (tertiary/aromatic N) is 2. The summed E-state index contributed by atoms with van der Waals surface area (Å²) < 4.78 is 6.84. The van der Waals surface area contributed by atoms with Gasteiger partial charge in [-0.25, -0.2) is 4.79 Å². The highest BCUT2D eigenvalue weighted by molar-refractivity contribution is 5.89. The third kappa shape index (κ3) is 2.86. The van der Waals surface area contributed by atoms with Gasteiger partial charge in [-0.3, -0.25) is 0 Å². The van der Waals surface area contributed by atoms with Crippen LogP contribution >= 0.6 is 0 Å². The van der Waals surface area contributed by atoms with Gasteiger partial charge in [0.2, 0.25) is 0 Å². The highest BCUT2D eigenvalue weighted by atomic mass is 16.5. The molecule has 0 N–H and O–H groups in total.